The van der Waals surface area contributed by atoms with Gasteiger partial charge in [0.15, 0.2) is 0 Å². The molecule has 1 heterocycles. The van der Waals surface area contributed by atoms with Gasteiger partial charge in [-0.2, -0.15) is 8.42 Å². The lowest BCUT2D eigenvalue weighted by molar-refractivity contribution is 0.409. The van der Waals surface area contributed by atoms with Crippen LogP contribution in [0.1, 0.15) is 0 Å². The number of hydrogen-bond donors (Lipinski definition) is 0. The van der Waals surface area contributed by atoms with Gasteiger partial charge in [0.1, 0.15) is 21.7 Å². The van der Waals surface area contributed by atoms with Crippen molar-refractivity contribution in [2.24, 2.45) is 4.40 Å². The van der Waals surface area contributed by atoms with Crippen LogP contribution < -0.4 is 14.3 Å². The Hall–Kier alpha value is -2.29. The molecule has 0 radical (unpaired) electrons. The van der Waals surface area contributed by atoms with E-state index in [0.29, 0.717) is 33.4 Å². The first kappa shape index (κ1) is 19.5. The van der Waals surface area contributed by atoms with E-state index in [1.807, 2.05) is 0 Å². The summed E-state index contributed by atoms with van der Waals surface area (Å²) in [6.07, 6.45) is 1.67. The van der Waals surface area contributed by atoms with Crippen LogP contribution in [0.15, 0.2) is 58.3 Å². The second kappa shape index (κ2) is 7.75. The molecule has 0 saturated heterocycles. The summed E-state index contributed by atoms with van der Waals surface area (Å²) in [4.78, 5) is 0.357. The standard InChI is InChI=1S/C18H17ClN2O4S2/c1-4-11-21-16-14(24-2)9-10-15(25-3)17(16)26-18(21)20-27(22,23)13-7-5-12(19)6-8-13/h4-10H,1,11H2,2-3H3. The molecule has 0 bridgehead atoms. The van der Waals surface area contributed by atoms with Crippen molar-refractivity contribution >= 4 is 43.2 Å². The van der Waals surface area contributed by atoms with Gasteiger partial charge in [0.25, 0.3) is 10.0 Å². The van der Waals surface area contributed by atoms with Crippen molar-refractivity contribution < 1.29 is 17.9 Å². The number of rotatable bonds is 6. The largest absolute Gasteiger partial charge is 0.495 e. The van der Waals surface area contributed by atoms with E-state index < -0.39 is 10.0 Å². The van der Waals surface area contributed by atoms with Gasteiger partial charge in [-0.25, -0.2) is 0 Å². The minimum Gasteiger partial charge on any atom is -0.495 e. The molecule has 0 saturated carbocycles. The number of aromatic nitrogens is 1. The fraction of sp³-hybridized carbons (Fsp3) is 0.167. The van der Waals surface area contributed by atoms with Gasteiger partial charge in [-0.15, -0.1) is 11.0 Å². The number of sulfonamides is 1. The first-order valence-electron chi connectivity index (χ1n) is 7.83. The second-order valence-electron chi connectivity index (χ2n) is 5.45. The van der Waals surface area contributed by atoms with Gasteiger partial charge in [0, 0.05) is 11.6 Å². The normalized spacial score (nSPS) is 12.3. The molecule has 9 heteroatoms. The summed E-state index contributed by atoms with van der Waals surface area (Å²) >= 11 is 7.05. The molecular weight excluding hydrogens is 408 g/mol. The Morgan fingerprint density at radius 3 is 2.37 bits per heavy atom. The fourth-order valence-electron chi connectivity index (χ4n) is 2.58. The number of allylic oxidation sites excluding steroid dienone is 1. The van der Waals surface area contributed by atoms with Crippen LogP contribution in [0.2, 0.25) is 5.02 Å². The third kappa shape index (κ3) is 3.73. The van der Waals surface area contributed by atoms with E-state index in [9.17, 15) is 8.42 Å². The van der Waals surface area contributed by atoms with Crippen LogP contribution in [-0.4, -0.2) is 27.2 Å². The second-order valence-corrected chi connectivity index (χ2v) is 8.47. The summed E-state index contributed by atoms with van der Waals surface area (Å²) in [6, 6.07) is 9.41. The molecule has 0 aliphatic heterocycles. The van der Waals surface area contributed by atoms with Crippen molar-refractivity contribution in [3.05, 3.63) is 58.9 Å². The maximum Gasteiger partial charge on any atom is 0.285 e. The Kier molecular flexibility index (Phi) is 5.59. The molecule has 0 spiro atoms. The Labute approximate surface area is 166 Å². The number of ether oxygens (including phenoxy) is 2. The lowest BCUT2D eigenvalue weighted by Gasteiger charge is -2.08. The summed E-state index contributed by atoms with van der Waals surface area (Å²) in [5, 5.41) is 0.451. The van der Waals surface area contributed by atoms with Crippen molar-refractivity contribution in [3.63, 3.8) is 0 Å². The maximum atomic E-state index is 12.8. The summed E-state index contributed by atoms with van der Waals surface area (Å²) in [6.45, 7) is 4.11. The molecule has 2 aromatic carbocycles. The van der Waals surface area contributed by atoms with E-state index in [-0.39, 0.29) is 4.90 Å². The van der Waals surface area contributed by atoms with E-state index in [2.05, 4.69) is 11.0 Å². The monoisotopic (exact) mass is 424 g/mol. The summed E-state index contributed by atoms with van der Waals surface area (Å²) in [5.41, 5.74) is 0.701. The third-order valence-corrected chi connectivity index (χ3v) is 6.56. The number of benzene rings is 2. The lowest BCUT2D eigenvalue weighted by Crippen LogP contribution is -2.16. The molecule has 0 atom stereocenters. The number of halogens is 1. The maximum absolute atomic E-state index is 12.8. The number of methoxy groups -OCH3 is 2. The van der Waals surface area contributed by atoms with Gasteiger partial charge in [0.2, 0.25) is 4.80 Å². The predicted octanol–water partition coefficient (Wildman–Crippen LogP) is 3.85. The molecule has 27 heavy (non-hydrogen) atoms. The van der Waals surface area contributed by atoms with E-state index >= 15 is 0 Å². The highest BCUT2D eigenvalue weighted by Gasteiger charge is 2.18. The van der Waals surface area contributed by atoms with Gasteiger partial charge >= 0.3 is 0 Å². The summed E-state index contributed by atoms with van der Waals surface area (Å²) < 4.78 is 42.9. The number of nitrogens with zero attached hydrogens (tertiary/aromatic N) is 2. The highest BCUT2D eigenvalue weighted by Crippen LogP contribution is 2.35. The minimum absolute atomic E-state index is 0.0634. The van der Waals surface area contributed by atoms with Gasteiger partial charge in [-0.1, -0.05) is 29.0 Å². The molecule has 0 amide bonds. The van der Waals surface area contributed by atoms with Crippen LogP contribution in [0.3, 0.4) is 0 Å². The van der Waals surface area contributed by atoms with Crippen LogP contribution >= 0.6 is 22.9 Å². The van der Waals surface area contributed by atoms with Crippen molar-refractivity contribution in [3.8, 4) is 11.5 Å². The lowest BCUT2D eigenvalue weighted by atomic mass is 10.3. The molecule has 142 valence electrons. The Morgan fingerprint density at radius 2 is 1.78 bits per heavy atom. The topological polar surface area (TPSA) is 69.9 Å². The molecule has 1 aromatic heterocycles. The van der Waals surface area contributed by atoms with Crippen molar-refractivity contribution in [2.45, 2.75) is 11.4 Å². The molecule has 6 nitrogen and oxygen atoms in total. The minimum atomic E-state index is -3.92. The van der Waals surface area contributed by atoms with E-state index in [1.54, 1.807) is 37.0 Å². The Bertz CT molecular complexity index is 1160. The zero-order valence-electron chi connectivity index (χ0n) is 14.7. The molecule has 0 fully saturated rings. The Balaban J connectivity index is 2.33. The van der Waals surface area contributed by atoms with Gasteiger partial charge in [-0.05, 0) is 36.4 Å². The molecule has 0 unspecified atom stereocenters. The van der Waals surface area contributed by atoms with E-state index in [4.69, 9.17) is 21.1 Å². The molecule has 0 aliphatic carbocycles. The van der Waals surface area contributed by atoms with Crippen molar-refractivity contribution in [1.29, 1.82) is 0 Å². The molecule has 0 N–H and O–H groups in total. The zero-order valence-corrected chi connectivity index (χ0v) is 17.1. The zero-order chi connectivity index (χ0) is 19.6. The van der Waals surface area contributed by atoms with Crippen LogP contribution in [0, 0.1) is 0 Å². The summed E-state index contributed by atoms with van der Waals surface area (Å²) in [5.74, 6) is 1.20. The number of hydrogen-bond acceptors (Lipinski definition) is 5. The molecular formula is C18H17ClN2O4S2. The van der Waals surface area contributed by atoms with Gasteiger partial charge in [-0.3, -0.25) is 0 Å². The van der Waals surface area contributed by atoms with Gasteiger partial charge < -0.3 is 14.0 Å². The molecule has 3 rings (SSSR count). The SMILES string of the molecule is C=CCn1c(=NS(=O)(=O)c2ccc(Cl)cc2)sc2c(OC)ccc(OC)c21. The highest BCUT2D eigenvalue weighted by molar-refractivity contribution is 7.90. The fourth-order valence-corrected chi connectivity index (χ4v) is 5.06. The van der Waals surface area contributed by atoms with E-state index in [1.165, 1.54) is 35.6 Å². The first-order chi connectivity index (χ1) is 12.9. The quantitative estimate of drug-likeness (QED) is 0.563. The Morgan fingerprint density at radius 1 is 1.15 bits per heavy atom. The van der Waals surface area contributed by atoms with Crippen LogP contribution in [0.5, 0.6) is 11.5 Å². The number of thiazole rings is 1. The van der Waals surface area contributed by atoms with Crippen molar-refractivity contribution in [1.82, 2.24) is 4.57 Å². The summed E-state index contributed by atoms with van der Waals surface area (Å²) in [7, 11) is -0.808. The first-order valence-corrected chi connectivity index (χ1v) is 10.5. The molecule has 3 aromatic rings. The van der Waals surface area contributed by atoms with Crippen LogP contribution in [0.25, 0.3) is 10.2 Å². The molecule has 0 aliphatic rings. The number of fused-ring (bicyclic) bond motifs is 1. The third-order valence-electron chi connectivity index (χ3n) is 3.81. The van der Waals surface area contributed by atoms with Crippen LogP contribution in [0.4, 0.5) is 0 Å². The van der Waals surface area contributed by atoms with Gasteiger partial charge in [0.05, 0.1) is 19.1 Å². The smallest absolute Gasteiger partial charge is 0.285 e. The van der Waals surface area contributed by atoms with Crippen LogP contribution in [-0.2, 0) is 16.6 Å². The average Bonchev–Trinajstić information content (AvgIpc) is 2.99. The average molecular weight is 425 g/mol. The predicted molar refractivity (Wildman–Crippen MR) is 107 cm³/mol. The highest BCUT2D eigenvalue weighted by atomic mass is 35.5. The van der Waals surface area contributed by atoms with Crippen molar-refractivity contribution in [2.75, 3.05) is 14.2 Å². The van der Waals surface area contributed by atoms with E-state index in [0.717, 1.165) is 4.70 Å².